The number of nitrogens with zero attached hydrogens (tertiary/aromatic N) is 2. The average molecular weight is 273 g/mol. The van der Waals surface area contributed by atoms with Gasteiger partial charge in [-0.2, -0.15) is 0 Å². The average Bonchev–Trinajstić information content (AvgIpc) is 2.84. The third-order valence-electron chi connectivity index (χ3n) is 2.64. The van der Waals surface area contributed by atoms with Crippen molar-refractivity contribution in [1.82, 2.24) is 15.5 Å². The molecule has 7 heteroatoms. The van der Waals surface area contributed by atoms with E-state index in [1.165, 1.54) is 11.3 Å². The second-order valence-electron chi connectivity index (χ2n) is 4.06. The molecule has 0 atom stereocenters. The second-order valence-corrected chi connectivity index (χ2v) is 5.09. The number of hydrogen-bond acceptors (Lipinski definition) is 7. The predicted octanol–water partition coefficient (Wildman–Crippen LogP) is 0.832. The molecule has 2 heterocycles. The van der Waals surface area contributed by atoms with Crippen molar-refractivity contribution in [3.63, 3.8) is 0 Å². The predicted molar refractivity (Wildman–Crippen MR) is 68.0 cm³/mol. The van der Waals surface area contributed by atoms with E-state index in [9.17, 15) is 0 Å². The largest absolute Gasteiger partial charge is 0.465 e. The monoisotopic (exact) mass is 273 g/mol. The van der Waals surface area contributed by atoms with E-state index < -0.39 is 0 Å². The van der Waals surface area contributed by atoms with E-state index in [2.05, 4.69) is 15.5 Å². The minimum absolute atomic E-state index is 0.223. The summed E-state index contributed by atoms with van der Waals surface area (Å²) in [6.07, 6.45) is 2.09. The zero-order chi connectivity index (χ0) is 12.6. The fourth-order valence-corrected chi connectivity index (χ4v) is 2.39. The molecule has 0 bridgehead atoms. The van der Waals surface area contributed by atoms with E-state index >= 15 is 0 Å². The zero-order valence-corrected chi connectivity index (χ0v) is 11.4. The number of aromatic nitrogens is 2. The molecular weight excluding hydrogens is 254 g/mol. The second kappa shape index (κ2) is 7.63. The first-order valence-electron chi connectivity index (χ1n) is 6.15. The van der Waals surface area contributed by atoms with Gasteiger partial charge in [-0.15, -0.1) is 5.10 Å². The number of ether oxygens (including phenoxy) is 3. The van der Waals surface area contributed by atoms with Gasteiger partial charge < -0.3 is 19.5 Å². The summed E-state index contributed by atoms with van der Waals surface area (Å²) < 4.78 is 16.0. The van der Waals surface area contributed by atoms with E-state index in [0.29, 0.717) is 18.3 Å². The minimum atomic E-state index is 0.223. The Labute approximate surface area is 111 Å². The molecule has 0 saturated carbocycles. The van der Waals surface area contributed by atoms with Crippen LogP contribution in [-0.4, -0.2) is 49.8 Å². The van der Waals surface area contributed by atoms with E-state index in [1.807, 2.05) is 0 Å². The Hall–Kier alpha value is -0.760. The van der Waals surface area contributed by atoms with Crippen molar-refractivity contribution >= 4 is 11.3 Å². The number of rotatable bonds is 7. The van der Waals surface area contributed by atoms with Crippen molar-refractivity contribution in [1.29, 1.82) is 0 Å². The molecule has 1 N–H and O–H groups in total. The van der Waals surface area contributed by atoms with Crippen LogP contribution < -0.4 is 10.1 Å². The van der Waals surface area contributed by atoms with Crippen molar-refractivity contribution in [2.24, 2.45) is 0 Å². The molecule has 1 aliphatic heterocycles. The van der Waals surface area contributed by atoms with Crippen LogP contribution in [0.2, 0.25) is 0 Å². The molecule has 0 amide bonds. The normalized spacial score (nSPS) is 16.9. The molecule has 0 aliphatic carbocycles. The van der Waals surface area contributed by atoms with Gasteiger partial charge in [-0.25, -0.2) is 0 Å². The number of hydrogen-bond donors (Lipinski definition) is 1. The lowest BCUT2D eigenvalue weighted by atomic mass is 10.2. The lowest BCUT2D eigenvalue weighted by Gasteiger charge is -2.21. The van der Waals surface area contributed by atoms with Gasteiger partial charge in [0.2, 0.25) is 0 Å². The van der Waals surface area contributed by atoms with Crippen LogP contribution in [0.3, 0.4) is 0 Å². The summed E-state index contributed by atoms with van der Waals surface area (Å²) in [7, 11) is 1.69. The molecule has 0 radical (unpaired) electrons. The highest BCUT2D eigenvalue weighted by molar-refractivity contribution is 7.13. The van der Waals surface area contributed by atoms with E-state index in [4.69, 9.17) is 14.2 Å². The topological polar surface area (TPSA) is 65.5 Å². The summed E-state index contributed by atoms with van der Waals surface area (Å²) in [4.78, 5) is 0. The summed E-state index contributed by atoms with van der Waals surface area (Å²) in [6.45, 7) is 3.76. The molecule has 2 rings (SSSR count). The van der Waals surface area contributed by atoms with Gasteiger partial charge in [-0.05, 0) is 0 Å². The van der Waals surface area contributed by atoms with Gasteiger partial charge in [-0.1, -0.05) is 16.4 Å². The van der Waals surface area contributed by atoms with Crippen molar-refractivity contribution in [3.05, 3.63) is 5.01 Å². The Morgan fingerprint density at radius 2 is 2.22 bits per heavy atom. The Balaban J connectivity index is 1.71. The molecule has 1 fully saturated rings. The smallest absolute Gasteiger partial charge is 0.294 e. The number of nitrogens with one attached hydrogen (secondary N) is 1. The van der Waals surface area contributed by atoms with Crippen LogP contribution in [0.25, 0.3) is 0 Å². The van der Waals surface area contributed by atoms with Crippen LogP contribution in [-0.2, 0) is 16.0 Å². The van der Waals surface area contributed by atoms with Gasteiger partial charge in [0.25, 0.3) is 5.19 Å². The fourth-order valence-electron chi connectivity index (χ4n) is 1.66. The molecule has 102 valence electrons. The maximum Gasteiger partial charge on any atom is 0.294 e. The number of methoxy groups -OCH3 is 1. The highest BCUT2D eigenvalue weighted by atomic mass is 32.1. The van der Waals surface area contributed by atoms with Crippen LogP contribution in [0, 0.1) is 0 Å². The van der Waals surface area contributed by atoms with Gasteiger partial charge in [0.15, 0.2) is 0 Å². The maximum absolute atomic E-state index is 5.78. The SMILES string of the molecule is COCCNCc1nnc(OC2CCOCC2)s1. The molecule has 6 nitrogen and oxygen atoms in total. The van der Waals surface area contributed by atoms with E-state index in [-0.39, 0.29) is 6.10 Å². The van der Waals surface area contributed by atoms with Crippen LogP contribution in [0.4, 0.5) is 0 Å². The van der Waals surface area contributed by atoms with Crippen LogP contribution in [0.5, 0.6) is 5.19 Å². The summed E-state index contributed by atoms with van der Waals surface area (Å²) >= 11 is 1.50. The standard InChI is InChI=1S/C11H19N3O3S/c1-15-7-4-12-8-10-13-14-11(18-10)17-9-2-5-16-6-3-9/h9,12H,2-8H2,1H3. The highest BCUT2D eigenvalue weighted by Gasteiger charge is 2.17. The summed E-state index contributed by atoms with van der Waals surface area (Å²) in [5.74, 6) is 0. The third-order valence-corrected chi connectivity index (χ3v) is 3.46. The molecule has 1 aromatic rings. The Morgan fingerprint density at radius 1 is 1.39 bits per heavy atom. The minimum Gasteiger partial charge on any atom is -0.465 e. The molecule has 1 aliphatic rings. The molecule has 1 aromatic heterocycles. The molecule has 1 saturated heterocycles. The molecular formula is C11H19N3O3S. The molecule has 18 heavy (non-hydrogen) atoms. The quantitative estimate of drug-likeness (QED) is 0.742. The first-order chi connectivity index (χ1) is 8.88. The Bertz CT molecular complexity index is 342. The van der Waals surface area contributed by atoms with Crippen molar-refractivity contribution in [3.8, 4) is 5.19 Å². The fraction of sp³-hybridized carbons (Fsp3) is 0.818. The van der Waals surface area contributed by atoms with Crippen LogP contribution in [0.1, 0.15) is 17.8 Å². The van der Waals surface area contributed by atoms with Gasteiger partial charge in [0, 0.05) is 33.0 Å². The van der Waals surface area contributed by atoms with Crippen molar-refractivity contribution in [2.75, 3.05) is 33.5 Å². The third kappa shape index (κ3) is 4.49. The lowest BCUT2D eigenvalue weighted by Crippen LogP contribution is -2.25. The summed E-state index contributed by atoms with van der Waals surface area (Å²) in [6, 6.07) is 0. The van der Waals surface area contributed by atoms with Crippen molar-refractivity contribution in [2.45, 2.75) is 25.5 Å². The molecule has 0 unspecified atom stereocenters. The first-order valence-corrected chi connectivity index (χ1v) is 6.96. The van der Waals surface area contributed by atoms with Crippen molar-refractivity contribution < 1.29 is 14.2 Å². The zero-order valence-electron chi connectivity index (χ0n) is 10.6. The first kappa shape index (κ1) is 13.7. The molecule has 0 spiro atoms. The summed E-state index contributed by atoms with van der Waals surface area (Å²) in [5, 5.41) is 13.0. The highest BCUT2D eigenvalue weighted by Crippen LogP contribution is 2.21. The van der Waals surface area contributed by atoms with Gasteiger partial charge in [0.1, 0.15) is 11.1 Å². The summed E-state index contributed by atoms with van der Waals surface area (Å²) in [5.41, 5.74) is 0. The van der Waals surface area contributed by atoms with Gasteiger partial charge in [0.05, 0.1) is 19.8 Å². The van der Waals surface area contributed by atoms with Crippen LogP contribution in [0.15, 0.2) is 0 Å². The van der Waals surface area contributed by atoms with Gasteiger partial charge in [-0.3, -0.25) is 0 Å². The van der Waals surface area contributed by atoms with E-state index in [0.717, 1.165) is 37.6 Å². The Morgan fingerprint density at radius 3 is 3.00 bits per heavy atom. The molecule has 0 aromatic carbocycles. The lowest BCUT2D eigenvalue weighted by molar-refractivity contribution is 0.0252. The van der Waals surface area contributed by atoms with Crippen LogP contribution >= 0.6 is 11.3 Å². The van der Waals surface area contributed by atoms with Gasteiger partial charge >= 0.3 is 0 Å². The van der Waals surface area contributed by atoms with E-state index in [1.54, 1.807) is 7.11 Å². The Kier molecular flexibility index (Phi) is 5.79. The maximum atomic E-state index is 5.78.